The molecule has 1 aliphatic rings. The normalized spacial score (nSPS) is 15.9. The molecule has 0 fully saturated rings. The second-order valence-electron chi connectivity index (χ2n) is 5.21. The van der Waals surface area contributed by atoms with Crippen molar-refractivity contribution in [1.82, 2.24) is 4.90 Å². The second kappa shape index (κ2) is 8.64. The summed E-state index contributed by atoms with van der Waals surface area (Å²) in [4.78, 5) is 11.7. The highest BCUT2D eigenvalue weighted by atomic mass is 16.7. The van der Waals surface area contributed by atoms with Crippen LogP contribution in [-0.2, 0) is 9.47 Å². The molecular weight excluding hydrogens is 292 g/mol. The van der Waals surface area contributed by atoms with Crippen LogP contribution >= 0.6 is 0 Å². The van der Waals surface area contributed by atoms with E-state index in [0.29, 0.717) is 13.0 Å². The fourth-order valence-corrected chi connectivity index (χ4v) is 2.50. The number of amidine groups is 2. The molecule has 0 radical (unpaired) electrons. The van der Waals surface area contributed by atoms with Crippen molar-refractivity contribution in [2.45, 2.75) is 26.6 Å². The van der Waals surface area contributed by atoms with E-state index in [1.54, 1.807) is 14.2 Å². The Labute approximate surface area is 138 Å². The standard InChI is InChI=1S/C17H26N4O2/c1-5-21(6-2)16-11-15(18-12-17(22-3)23-4)19-13-9-7-8-10-14(13)20-16/h7-10,17H,5-6,11-12H2,1-4H3,(H,18,19). The fraction of sp³-hybridized carbons (Fsp3) is 0.529. The highest BCUT2D eigenvalue weighted by Crippen LogP contribution is 2.28. The molecule has 1 aliphatic heterocycles. The van der Waals surface area contributed by atoms with Crippen molar-refractivity contribution < 1.29 is 9.47 Å². The average molecular weight is 318 g/mol. The third kappa shape index (κ3) is 4.53. The first-order chi connectivity index (χ1) is 11.2. The van der Waals surface area contributed by atoms with Crippen molar-refractivity contribution in [1.29, 1.82) is 0 Å². The number of fused-ring (bicyclic) bond motifs is 1. The van der Waals surface area contributed by atoms with E-state index < -0.39 is 0 Å². The molecule has 1 N–H and O–H groups in total. The largest absolute Gasteiger partial charge is 0.360 e. The van der Waals surface area contributed by atoms with Gasteiger partial charge in [-0.05, 0) is 26.0 Å². The molecule has 1 aromatic rings. The van der Waals surface area contributed by atoms with Gasteiger partial charge in [0.25, 0.3) is 0 Å². The molecule has 0 aromatic heterocycles. The van der Waals surface area contributed by atoms with E-state index in [2.05, 4.69) is 29.1 Å². The van der Waals surface area contributed by atoms with Gasteiger partial charge in [-0.3, -0.25) is 4.99 Å². The van der Waals surface area contributed by atoms with Crippen LogP contribution in [0.2, 0.25) is 0 Å². The molecule has 23 heavy (non-hydrogen) atoms. The Kier molecular flexibility index (Phi) is 6.55. The Morgan fingerprint density at radius 1 is 1.22 bits per heavy atom. The molecule has 0 aliphatic carbocycles. The van der Waals surface area contributed by atoms with Gasteiger partial charge in [0.15, 0.2) is 6.29 Å². The summed E-state index contributed by atoms with van der Waals surface area (Å²) in [5.74, 6) is 1.90. The number of benzene rings is 1. The van der Waals surface area contributed by atoms with Crippen LogP contribution < -0.4 is 5.32 Å². The molecule has 0 saturated heterocycles. The van der Waals surface area contributed by atoms with Crippen LogP contribution in [0.15, 0.2) is 34.3 Å². The predicted octanol–water partition coefficient (Wildman–Crippen LogP) is 2.89. The molecule has 126 valence electrons. The van der Waals surface area contributed by atoms with Crippen LogP contribution in [0.3, 0.4) is 0 Å². The van der Waals surface area contributed by atoms with Gasteiger partial charge in [0.05, 0.1) is 24.3 Å². The van der Waals surface area contributed by atoms with Crippen molar-refractivity contribution in [2.24, 2.45) is 9.98 Å². The molecular formula is C17H26N4O2. The Morgan fingerprint density at radius 2 is 1.91 bits per heavy atom. The molecule has 0 bridgehead atoms. The SMILES string of the molecule is CCN(CC)C1=Nc2ccccc2NC(=NCC(OC)OC)C1. The van der Waals surface area contributed by atoms with Crippen molar-refractivity contribution in [3.63, 3.8) is 0 Å². The van der Waals surface area contributed by atoms with E-state index in [1.807, 2.05) is 24.3 Å². The maximum Gasteiger partial charge on any atom is 0.176 e. The number of nitrogens with zero attached hydrogens (tertiary/aromatic N) is 3. The van der Waals surface area contributed by atoms with Gasteiger partial charge in [-0.25, -0.2) is 4.99 Å². The van der Waals surface area contributed by atoms with E-state index in [9.17, 15) is 0 Å². The zero-order valence-electron chi connectivity index (χ0n) is 14.4. The number of methoxy groups -OCH3 is 2. The van der Waals surface area contributed by atoms with E-state index in [4.69, 9.17) is 14.5 Å². The van der Waals surface area contributed by atoms with Gasteiger partial charge in [-0.2, -0.15) is 0 Å². The van der Waals surface area contributed by atoms with Crippen molar-refractivity contribution in [3.8, 4) is 0 Å². The van der Waals surface area contributed by atoms with Crippen molar-refractivity contribution in [3.05, 3.63) is 24.3 Å². The number of aliphatic imine (C=N–C) groups is 2. The lowest BCUT2D eigenvalue weighted by Crippen LogP contribution is -2.33. The molecule has 0 amide bonds. The van der Waals surface area contributed by atoms with Crippen LogP contribution in [0.5, 0.6) is 0 Å². The molecule has 0 saturated carbocycles. The van der Waals surface area contributed by atoms with Crippen LogP contribution in [0, 0.1) is 0 Å². The smallest absolute Gasteiger partial charge is 0.176 e. The number of anilines is 1. The minimum Gasteiger partial charge on any atom is -0.360 e. The predicted molar refractivity (Wildman–Crippen MR) is 94.8 cm³/mol. The van der Waals surface area contributed by atoms with Gasteiger partial charge in [0.2, 0.25) is 0 Å². The van der Waals surface area contributed by atoms with Gasteiger partial charge in [-0.1, -0.05) is 12.1 Å². The van der Waals surface area contributed by atoms with Crippen LogP contribution in [0.4, 0.5) is 11.4 Å². The lowest BCUT2D eigenvalue weighted by molar-refractivity contribution is -0.0936. The molecule has 6 heteroatoms. The first kappa shape index (κ1) is 17.4. The number of para-hydroxylation sites is 2. The number of hydrogen-bond acceptors (Lipinski definition) is 5. The summed E-state index contributed by atoms with van der Waals surface area (Å²) in [6, 6.07) is 8.03. The van der Waals surface area contributed by atoms with Crippen molar-refractivity contribution >= 4 is 23.0 Å². The number of rotatable bonds is 6. The lowest BCUT2D eigenvalue weighted by atomic mass is 10.2. The number of nitrogens with one attached hydrogen (secondary N) is 1. The summed E-state index contributed by atoms with van der Waals surface area (Å²) in [6.07, 6.45) is 0.327. The van der Waals surface area contributed by atoms with Crippen LogP contribution in [-0.4, -0.2) is 56.7 Å². The first-order valence-electron chi connectivity index (χ1n) is 7.99. The maximum absolute atomic E-state index is 5.21. The first-order valence-corrected chi connectivity index (χ1v) is 7.99. The Hall–Kier alpha value is -1.92. The summed E-state index contributed by atoms with van der Waals surface area (Å²) >= 11 is 0. The summed E-state index contributed by atoms with van der Waals surface area (Å²) in [7, 11) is 3.24. The van der Waals surface area contributed by atoms with Gasteiger partial charge in [0.1, 0.15) is 11.7 Å². The molecule has 1 heterocycles. The molecule has 0 spiro atoms. The summed E-state index contributed by atoms with van der Waals surface area (Å²) in [5.41, 5.74) is 1.91. The quantitative estimate of drug-likeness (QED) is 0.819. The maximum atomic E-state index is 5.21. The zero-order valence-corrected chi connectivity index (χ0v) is 14.4. The second-order valence-corrected chi connectivity index (χ2v) is 5.21. The number of ether oxygens (including phenoxy) is 2. The van der Waals surface area contributed by atoms with E-state index in [1.165, 1.54) is 0 Å². The van der Waals surface area contributed by atoms with Crippen LogP contribution in [0.1, 0.15) is 20.3 Å². The third-order valence-corrected chi connectivity index (χ3v) is 3.84. The Balaban J connectivity index is 2.30. The van der Waals surface area contributed by atoms with Gasteiger partial charge in [-0.15, -0.1) is 0 Å². The fourth-order valence-electron chi connectivity index (χ4n) is 2.50. The van der Waals surface area contributed by atoms with E-state index in [0.717, 1.165) is 36.1 Å². The topological polar surface area (TPSA) is 58.5 Å². The van der Waals surface area contributed by atoms with E-state index >= 15 is 0 Å². The summed E-state index contributed by atoms with van der Waals surface area (Å²) in [6.45, 7) is 6.56. The minimum atomic E-state index is -0.336. The molecule has 0 unspecified atom stereocenters. The molecule has 6 nitrogen and oxygen atoms in total. The van der Waals surface area contributed by atoms with Crippen molar-refractivity contribution in [2.75, 3.05) is 39.2 Å². The summed E-state index contributed by atoms with van der Waals surface area (Å²) < 4.78 is 10.4. The summed E-state index contributed by atoms with van der Waals surface area (Å²) in [5, 5.41) is 3.39. The van der Waals surface area contributed by atoms with Gasteiger partial charge < -0.3 is 19.7 Å². The Bertz CT molecular complexity index is 563. The van der Waals surface area contributed by atoms with Gasteiger partial charge in [0, 0.05) is 27.3 Å². The van der Waals surface area contributed by atoms with Gasteiger partial charge >= 0.3 is 0 Å². The molecule has 0 atom stereocenters. The highest BCUT2D eigenvalue weighted by molar-refractivity contribution is 6.12. The third-order valence-electron chi connectivity index (χ3n) is 3.84. The highest BCUT2D eigenvalue weighted by Gasteiger charge is 2.18. The number of hydrogen-bond donors (Lipinski definition) is 1. The zero-order chi connectivity index (χ0) is 16.7. The minimum absolute atomic E-state index is 0.336. The molecule has 2 rings (SSSR count). The average Bonchev–Trinajstić information content (AvgIpc) is 2.76. The van der Waals surface area contributed by atoms with Crippen LogP contribution in [0.25, 0.3) is 0 Å². The monoisotopic (exact) mass is 318 g/mol. The Morgan fingerprint density at radius 3 is 2.57 bits per heavy atom. The lowest BCUT2D eigenvalue weighted by Gasteiger charge is -2.22. The molecule has 1 aromatic carbocycles. The van der Waals surface area contributed by atoms with E-state index in [-0.39, 0.29) is 6.29 Å².